The van der Waals surface area contributed by atoms with E-state index < -0.39 is 0 Å². The van der Waals surface area contributed by atoms with Gasteiger partial charge in [-0.2, -0.15) is 0 Å². The molecule has 0 spiro atoms. The minimum atomic E-state index is -0.0453. The van der Waals surface area contributed by atoms with Crippen molar-refractivity contribution >= 4 is 27.4 Å². The van der Waals surface area contributed by atoms with Gasteiger partial charge in [0.25, 0.3) is 0 Å². The van der Waals surface area contributed by atoms with E-state index in [-0.39, 0.29) is 5.54 Å². The average Bonchev–Trinajstić information content (AvgIpc) is 2.31. The lowest BCUT2D eigenvalue weighted by molar-refractivity contribution is 0.0538. The van der Waals surface area contributed by atoms with Gasteiger partial charge in [-0.1, -0.05) is 0 Å². The normalized spacial score (nSPS) is 24.6. The molecular weight excluding hydrogens is 282 g/mol. The second kappa shape index (κ2) is 4.82. The van der Waals surface area contributed by atoms with Crippen molar-refractivity contribution in [3.63, 3.8) is 0 Å². The van der Waals surface area contributed by atoms with Gasteiger partial charge in [0.1, 0.15) is 5.82 Å². The third-order valence-electron chi connectivity index (χ3n) is 3.16. The first kappa shape index (κ1) is 12.6. The second-order valence-electron chi connectivity index (χ2n) is 4.84. The van der Waals surface area contributed by atoms with Crippen LogP contribution in [0.5, 0.6) is 0 Å². The third-order valence-corrected chi connectivity index (χ3v) is 4.13. The number of hydrogen-bond acceptors (Lipinski definition) is 4. The molecule has 0 aromatic carbocycles. The predicted octanol–water partition coefficient (Wildman–Crippen LogP) is 2.72. The van der Waals surface area contributed by atoms with E-state index in [1.807, 2.05) is 6.92 Å². The van der Waals surface area contributed by atoms with Crippen LogP contribution in [0, 0.1) is 6.92 Å². The molecule has 1 aromatic rings. The molecule has 1 unspecified atom stereocenters. The largest absolute Gasteiger partial charge is 0.397 e. The summed E-state index contributed by atoms with van der Waals surface area (Å²) in [7, 11) is 0. The fourth-order valence-corrected chi connectivity index (χ4v) is 2.43. The highest BCUT2D eigenvalue weighted by Gasteiger charge is 2.28. The molecule has 5 heteroatoms. The van der Waals surface area contributed by atoms with Crippen LogP contribution in [0.15, 0.2) is 10.7 Å². The van der Waals surface area contributed by atoms with Crippen molar-refractivity contribution in [3.05, 3.63) is 16.2 Å². The minimum absolute atomic E-state index is 0.0453. The van der Waals surface area contributed by atoms with E-state index in [0.717, 1.165) is 35.3 Å². The van der Waals surface area contributed by atoms with Crippen molar-refractivity contribution in [3.8, 4) is 0 Å². The van der Waals surface area contributed by atoms with Crippen LogP contribution in [0.25, 0.3) is 0 Å². The van der Waals surface area contributed by atoms with Gasteiger partial charge in [-0.3, -0.25) is 0 Å². The molecule has 1 atom stereocenters. The van der Waals surface area contributed by atoms with Crippen molar-refractivity contribution in [2.75, 3.05) is 24.3 Å². The maximum absolute atomic E-state index is 5.81. The molecule has 3 N–H and O–H groups in total. The molecule has 0 bridgehead atoms. The lowest BCUT2D eigenvalue weighted by atomic mass is 9.95. The molecule has 1 aliphatic heterocycles. The molecule has 94 valence electrons. The molecule has 0 amide bonds. The Morgan fingerprint density at radius 1 is 1.59 bits per heavy atom. The van der Waals surface area contributed by atoms with Crippen LogP contribution in [0.2, 0.25) is 0 Å². The molecule has 1 aromatic heterocycles. The van der Waals surface area contributed by atoms with Crippen molar-refractivity contribution in [1.29, 1.82) is 0 Å². The molecular formula is C12H18BrN3O. The summed E-state index contributed by atoms with van der Waals surface area (Å²) in [6.07, 6.45) is 3.86. The minimum Gasteiger partial charge on any atom is -0.397 e. The summed E-state index contributed by atoms with van der Waals surface area (Å²) in [6.45, 7) is 5.70. The van der Waals surface area contributed by atoms with Crippen LogP contribution in [0.4, 0.5) is 11.5 Å². The number of rotatable bonds is 2. The number of halogens is 1. The first-order valence-electron chi connectivity index (χ1n) is 5.78. The zero-order valence-corrected chi connectivity index (χ0v) is 11.8. The van der Waals surface area contributed by atoms with Crippen LogP contribution < -0.4 is 11.1 Å². The van der Waals surface area contributed by atoms with Crippen molar-refractivity contribution in [2.45, 2.75) is 32.2 Å². The summed E-state index contributed by atoms with van der Waals surface area (Å²) in [6, 6.07) is 0. The van der Waals surface area contributed by atoms with E-state index in [1.54, 1.807) is 6.20 Å². The van der Waals surface area contributed by atoms with Gasteiger partial charge >= 0.3 is 0 Å². The number of nitrogens with one attached hydrogen (secondary N) is 1. The van der Waals surface area contributed by atoms with E-state index in [0.29, 0.717) is 12.3 Å². The number of hydrogen-bond donors (Lipinski definition) is 2. The topological polar surface area (TPSA) is 60.2 Å². The summed E-state index contributed by atoms with van der Waals surface area (Å²) in [4.78, 5) is 4.34. The van der Waals surface area contributed by atoms with Gasteiger partial charge < -0.3 is 15.8 Å². The highest BCUT2D eigenvalue weighted by Crippen LogP contribution is 2.31. The average molecular weight is 300 g/mol. The Hall–Kier alpha value is -0.810. The number of nitrogen functional groups attached to an aromatic ring is 1. The second-order valence-corrected chi connectivity index (χ2v) is 5.64. The number of nitrogens with two attached hydrogens (primary N) is 1. The first-order valence-corrected chi connectivity index (χ1v) is 6.58. The zero-order chi connectivity index (χ0) is 12.5. The van der Waals surface area contributed by atoms with Crippen LogP contribution in [0.1, 0.15) is 25.3 Å². The Bertz CT molecular complexity index is 416. The maximum atomic E-state index is 5.81. The smallest absolute Gasteiger partial charge is 0.141 e. The Morgan fingerprint density at radius 3 is 3.00 bits per heavy atom. The Morgan fingerprint density at radius 2 is 2.35 bits per heavy atom. The van der Waals surface area contributed by atoms with E-state index in [2.05, 4.69) is 33.2 Å². The highest BCUT2D eigenvalue weighted by molar-refractivity contribution is 9.10. The summed E-state index contributed by atoms with van der Waals surface area (Å²) in [5, 5.41) is 3.46. The number of nitrogens with zero attached hydrogens (tertiary/aromatic N) is 1. The number of anilines is 2. The van der Waals surface area contributed by atoms with E-state index in [4.69, 9.17) is 10.5 Å². The van der Waals surface area contributed by atoms with E-state index in [9.17, 15) is 0 Å². The monoisotopic (exact) mass is 299 g/mol. The fraction of sp³-hybridized carbons (Fsp3) is 0.583. The molecule has 1 aliphatic rings. The SMILES string of the molecule is Cc1c(N)cnc(NC2(C)CCCOC2)c1Br. The fourth-order valence-electron chi connectivity index (χ4n) is 2.00. The van der Waals surface area contributed by atoms with Crippen molar-refractivity contribution in [2.24, 2.45) is 0 Å². The molecule has 4 nitrogen and oxygen atoms in total. The van der Waals surface area contributed by atoms with E-state index in [1.165, 1.54) is 0 Å². The van der Waals surface area contributed by atoms with Crippen molar-refractivity contribution in [1.82, 2.24) is 4.98 Å². The molecule has 1 saturated heterocycles. The molecule has 1 fully saturated rings. The van der Waals surface area contributed by atoms with Gasteiger partial charge in [-0.25, -0.2) is 4.98 Å². The number of ether oxygens (including phenoxy) is 1. The summed E-state index contributed by atoms with van der Waals surface area (Å²) >= 11 is 3.54. The molecule has 17 heavy (non-hydrogen) atoms. The molecule has 0 aliphatic carbocycles. The number of pyridine rings is 1. The van der Waals surface area contributed by atoms with Gasteiger partial charge in [0.2, 0.25) is 0 Å². The van der Waals surface area contributed by atoms with Crippen LogP contribution >= 0.6 is 15.9 Å². The maximum Gasteiger partial charge on any atom is 0.141 e. The Labute approximate surface area is 110 Å². The predicted molar refractivity (Wildman–Crippen MR) is 73.2 cm³/mol. The number of aromatic nitrogens is 1. The lowest BCUT2D eigenvalue weighted by Gasteiger charge is -2.35. The molecule has 2 heterocycles. The van der Waals surface area contributed by atoms with Gasteiger partial charge in [-0.15, -0.1) is 0 Å². The highest BCUT2D eigenvalue weighted by atomic mass is 79.9. The Kier molecular flexibility index (Phi) is 3.58. The van der Waals surface area contributed by atoms with Crippen LogP contribution in [-0.2, 0) is 4.74 Å². The summed E-state index contributed by atoms with van der Waals surface area (Å²) in [5.41, 5.74) is 7.48. The first-order chi connectivity index (χ1) is 8.02. The van der Waals surface area contributed by atoms with Crippen LogP contribution in [-0.4, -0.2) is 23.7 Å². The van der Waals surface area contributed by atoms with E-state index >= 15 is 0 Å². The lowest BCUT2D eigenvalue weighted by Crippen LogP contribution is -2.43. The van der Waals surface area contributed by atoms with Gasteiger partial charge in [0.05, 0.1) is 28.5 Å². The standard InChI is InChI=1S/C12H18BrN3O/c1-8-9(14)6-15-11(10(8)13)16-12(2)4-3-5-17-7-12/h6H,3-5,7,14H2,1-2H3,(H,15,16). The summed E-state index contributed by atoms with van der Waals surface area (Å²) in [5.74, 6) is 0.838. The molecule has 0 radical (unpaired) electrons. The van der Waals surface area contributed by atoms with Crippen molar-refractivity contribution < 1.29 is 4.74 Å². The molecule has 2 rings (SSSR count). The van der Waals surface area contributed by atoms with Gasteiger partial charge in [0, 0.05) is 6.61 Å². The zero-order valence-electron chi connectivity index (χ0n) is 10.2. The quantitative estimate of drug-likeness (QED) is 0.881. The van der Waals surface area contributed by atoms with Gasteiger partial charge in [-0.05, 0) is 48.2 Å². The molecule has 0 saturated carbocycles. The Balaban J connectivity index is 2.21. The third kappa shape index (κ3) is 2.72. The van der Waals surface area contributed by atoms with Gasteiger partial charge in [0.15, 0.2) is 0 Å². The van der Waals surface area contributed by atoms with Crippen LogP contribution in [0.3, 0.4) is 0 Å². The summed E-state index contributed by atoms with van der Waals surface area (Å²) < 4.78 is 6.46.